The molecule has 0 spiro atoms. The summed E-state index contributed by atoms with van der Waals surface area (Å²) >= 11 is 1.42. The van der Waals surface area contributed by atoms with Gasteiger partial charge in [0.05, 0.1) is 24.0 Å². The molecule has 7 heteroatoms. The van der Waals surface area contributed by atoms with Crippen LogP contribution < -0.4 is 4.90 Å². The van der Waals surface area contributed by atoms with Crippen LogP contribution >= 0.6 is 11.8 Å². The van der Waals surface area contributed by atoms with Crippen LogP contribution in [0.4, 0.5) is 5.69 Å². The van der Waals surface area contributed by atoms with E-state index in [9.17, 15) is 13.2 Å². The number of carbonyl (C=O) groups is 1. The van der Waals surface area contributed by atoms with E-state index in [4.69, 9.17) is 0 Å². The third-order valence-electron chi connectivity index (χ3n) is 5.58. The maximum Gasteiger partial charge on any atom is 0.252 e. The number of amidine groups is 1. The first-order valence-corrected chi connectivity index (χ1v) is 12.9. The van der Waals surface area contributed by atoms with Gasteiger partial charge in [0, 0.05) is 10.9 Å². The molecule has 2 saturated heterocycles. The van der Waals surface area contributed by atoms with Crippen molar-refractivity contribution in [3.63, 3.8) is 0 Å². The van der Waals surface area contributed by atoms with Gasteiger partial charge in [-0.3, -0.25) is 4.79 Å². The van der Waals surface area contributed by atoms with E-state index in [0.717, 1.165) is 22.4 Å². The molecule has 2 aliphatic rings. The van der Waals surface area contributed by atoms with Crippen LogP contribution in [-0.4, -0.2) is 42.3 Å². The molecule has 1 amide bonds. The SMILES string of the molecule is Cc1ccc(CC(=O)N=C2S[C@H]3CS(=O)(=O)C[C@H]3N2c2ccccc2C(C)C)cc1. The highest BCUT2D eigenvalue weighted by atomic mass is 32.2. The van der Waals surface area contributed by atoms with Crippen LogP contribution in [0.2, 0.25) is 0 Å². The zero-order valence-electron chi connectivity index (χ0n) is 17.4. The van der Waals surface area contributed by atoms with E-state index in [1.807, 2.05) is 54.3 Å². The van der Waals surface area contributed by atoms with E-state index in [-0.39, 0.29) is 41.0 Å². The maximum atomic E-state index is 12.8. The van der Waals surface area contributed by atoms with Crippen LogP contribution in [-0.2, 0) is 21.1 Å². The standard InChI is InChI=1S/C23H26N2O3S2/c1-15(2)18-6-4-5-7-19(18)25-20-13-30(27,28)14-21(20)29-23(25)24-22(26)12-17-10-8-16(3)9-11-17/h4-11,15,20-21H,12-14H2,1-3H3/t20-,21+/m1/s1. The Labute approximate surface area is 182 Å². The van der Waals surface area contributed by atoms with Crippen LogP contribution in [0.3, 0.4) is 0 Å². The minimum absolute atomic E-state index is 0.0962. The number of rotatable bonds is 4. The molecule has 4 rings (SSSR count). The van der Waals surface area contributed by atoms with Crippen molar-refractivity contribution in [3.8, 4) is 0 Å². The van der Waals surface area contributed by atoms with Crippen molar-refractivity contribution < 1.29 is 13.2 Å². The van der Waals surface area contributed by atoms with E-state index >= 15 is 0 Å². The van der Waals surface area contributed by atoms with E-state index < -0.39 is 9.84 Å². The molecule has 2 aromatic carbocycles. The number of nitrogens with zero attached hydrogens (tertiary/aromatic N) is 2. The normalized spacial score (nSPS) is 23.9. The molecule has 2 aliphatic heterocycles. The summed E-state index contributed by atoms with van der Waals surface area (Å²) in [6.07, 6.45) is 0.234. The van der Waals surface area contributed by atoms with Crippen molar-refractivity contribution >= 4 is 38.4 Å². The van der Waals surface area contributed by atoms with Gasteiger partial charge in [-0.15, -0.1) is 0 Å². The van der Waals surface area contributed by atoms with Gasteiger partial charge in [-0.1, -0.05) is 73.6 Å². The van der Waals surface area contributed by atoms with E-state index in [1.165, 1.54) is 11.8 Å². The topological polar surface area (TPSA) is 66.8 Å². The second-order valence-electron chi connectivity index (χ2n) is 8.33. The molecule has 158 valence electrons. The molecule has 0 aromatic heterocycles. The molecule has 0 unspecified atom stereocenters. The Balaban J connectivity index is 1.69. The highest BCUT2D eigenvalue weighted by Gasteiger charge is 2.49. The summed E-state index contributed by atoms with van der Waals surface area (Å²) in [5, 5.41) is 0.520. The second kappa shape index (κ2) is 8.19. The molecule has 2 aromatic rings. The quantitative estimate of drug-likeness (QED) is 0.717. The highest BCUT2D eigenvalue weighted by molar-refractivity contribution is 8.16. The third-order valence-corrected chi connectivity index (χ3v) is 8.79. The van der Waals surface area contributed by atoms with Crippen molar-refractivity contribution in [1.29, 1.82) is 0 Å². The summed E-state index contributed by atoms with van der Waals surface area (Å²) < 4.78 is 24.6. The molecular weight excluding hydrogens is 416 g/mol. The Morgan fingerprint density at radius 2 is 1.83 bits per heavy atom. The molecule has 2 fully saturated rings. The number of sulfone groups is 1. The van der Waals surface area contributed by atoms with Crippen LogP contribution in [0, 0.1) is 6.92 Å². The fourth-order valence-electron chi connectivity index (χ4n) is 4.07. The van der Waals surface area contributed by atoms with Crippen molar-refractivity contribution in [2.75, 3.05) is 16.4 Å². The number of carbonyl (C=O) groups excluding carboxylic acids is 1. The van der Waals surface area contributed by atoms with Gasteiger partial charge < -0.3 is 4.90 Å². The average Bonchev–Trinajstić information content (AvgIpc) is 3.14. The summed E-state index contributed by atoms with van der Waals surface area (Å²) in [5.41, 5.74) is 4.15. The van der Waals surface area contributed by atoms with Gasteiger partial charge >= 0.3 is 0 Å². The number of fused-ring (bicyclic) bond motifs is 1. The van der Waals surface area contributed by atoms with Crippen LogP contribution in [0.5, 0.6) is 0 Å². The Bertz CT molecular complexity index is 1090. The predicted octanol–water partition coefficient (Wildman–Crippen LogP) is 3.96. The van der Waals surface area contributed by atoms with Gasteiger partial charge in [0.1, 0.15) is 0 Å². The van der Waals surface area contributed by atoms with Crippen molar-refractivity contribution in [3.05, 3.63) is 65.2 Å². The molecule has 5 nitrogen and oxygen atoms in total. The third kappa shape index (κ3) is 4.32. The smallest absolute Gasteiger partial charge is 0.252 e. The van der Waals surface area contributed by atoms with Crippen LogP contribution in [0.1, 0.15) is 36.5 Å². The first kappa shape index (κ1) is 21.1. The van der Waals surface area contributed by atoms with Gasteiger partial charge in [0.2, 0.25) is 0 Å². The molecule has 0 saturated carbocycles. The summed E-state index contributed by atoms with van der Waals surface area (Å²) in [6, 6.07) is 15.7. The molecule has 0 N–H and O–H groups in total. The Morgan fingerprint density at radius 3 is 2.53 bits per heavy atom. The lowest BCUT2D eigenvalue weighted by atomic mass is 9.99. The summed E-state index contributed by atoms with van der Waals surface area (Å²) in [6.45, 7) is 6.24. The van der Waals surface area contributed by atoms with Crippen molar-refractivity contribution in [2.45, 2.75) is 44.4 Å². The molecule has 30 heavy (non-hydrogen) atoms. The minimum atomic E-state index is -3.09. The van der Waals surface area contributed by atoms with Crippen molar-refractivity contribution in [1.82, 2.24) is 0 Å². The number of aliphatic imine (C=N–C) groups is 1. The summed E-state index contributed by atoms with van der Waals surface area (Å²) in [7, 11) is -3.09. The van der Waals surface area contributed by atoms with Crippen LogP contribution in [0.15, 0.2) is 53.5 Å². The fraction of sp³-hybridized carbons (Fsp3) is 0.391. The Kier molecular flexibility index (Phi) is 5.77. The Hall–Kier alpha value is -2.12. The van der Waals surface area contributed by atoms with Gasteiger partial charge in [0.25, 0.3) is 5.91 Å². The van der Waals surface area contributed by atoms with E-state index in [0.29, 0.717) is 5.17 Å². The van der Waals surface area contributed by atoms with E-state index in [1.54, 1.807) is 0 Å². The largest absolute Gasteiger partial charge is 0.315 e. The lowest BCUT2D eigenvalue weighted by Crippen LogP contribution is -2.38. The number of thioether (sulfide) groups is 1. The molecule has 0 radical (unpaired) electrons. The average molecular weight is 443 g/mol. The number of aryl methyl sites for hydroxylation is 1. The molecular formula is C23H26N2O3S2. The molecule has 0 bridgehead atoms. The lowest BCUT2D eigenvalue weighted by Gasteiger charge is -2.28. The molecule has 0 aliphatic carbocycles. The zero-order chi connectivity index (χ0) is 21.5. The monoisotopic (exact) mass is 442 g/mol. The Morgan fingerprint density at radius 1 is 1.13 bits per heavy atom. The van der Waals surface area contributed by atoms with Gasteiger partial charge in [-0.05, 0) is 30.0 Å². The minimum Gasteiger partial charge on any atom is -0.315 e. The molecule has 2 atom stereocenters. The molecule has 2 heterocycles. The first-order chi connectivity index (χ1) is 14.2. The lowest BCUT2D eigenvalue weighted by molar-refractivity contribution is -0.117. The number of anilines is 1. The summed E-state index contributed by atoms with van der Waals surface area (Å²) in [4.78, 5) is 19.2. The number of hydrogen-bond donors (Lipinski definition) is 0. The van der Waals surface area contributed by atoms with Crippen molar-refractivity contribution in [2.24, 2.45) is 4.99 Å². The highest BCUT2D eigenvalue weighted by Crippen LogP contribution is 2.43. The zero-order valence-corrected chi connectivity index (χ0v) is 19.0. The summed E-state index contributed by atoms with van der Waals surface area (Å²) in [5.74, 6) is 0.292. The number of hydrogen-bond acceptors (Lipinski definition) is 4. The van der Waals surface area contributed by atoms with Gasteiger partial charge in [-0.2, -0.15) is 4.99 Å². The fourth-order valence-corrected chi connectivity index (χ4v) is 7.99. The van der Waals surface area contributed by atoms with E-state index in [2.05, 4.69) is 24.9 Å². The van der Waals surface area contributed by atoms with Crippen LogP contribution in [0.25, 0.3) is 0 Å². The predicted molar refractivity (Wildman–Crippen MR) is 124 cm³/mol. The first-order valence-electron chi connectivity index (χ1n) is 10.2. The number of amides is 1. The van der Waals surface area contributed by atoms with Gasteiger partial charge in [-0.25, -0.2) is 8.42 Å². The maximum absolute atomic E-state index is 12.8. The number of benzene rings is 2. The van der Waals surface area contributed by atoms with Gasteiger partial charge in [0.15, 0.2) is 15.0 Å². The second-order valence-corrected chi connectivity index (χ2v) is 11.7. The number of para-hydroxylation sites is 1.